The molecule has 3 fully saturated rings. The fraction of sp³-hybridized carbons (Fsp3) is 0.696. The lowest BCUT2D eigenvalue weighted by atomic mass is 9.91. The molecule has 4 aliphatic rings. The van der Waals surface area contributed by atoms with E-state index >= 15 is 0 Å². The van der Waals surface area contributed by atoms with Crippen LogP contribution in [-0.4, -0.2) is 55.7 Å². The van der Waals surface area contributed by atoms with Crippen LogP contribution in [0.25, 0.3) is 0 Å². The molecule has 1 amide bonds. The lowest BCUT2D eigenvalue weighted by molar-refractivity contribution is -0.131. The fourth-order valence-corrected chi connectivity index (χ4v) is 5.43. The van der Waals surface area contributed by atoms with E-state index in [0.717, 1.165) is 43.7 Å². The van der Waals surface area contributed by atoms with E-state index in [4.69, 9.17) is 4.74 Å². The van der Waals surface area contributed by atoms with Crippen molar-refractivity contribution >= 4 is 5.91 Å². The van der Waals surface area contributed by atoms with Gasteiger partial charge in [-0.05, 0) is 74.6 Å². The predicted octanol–water partition coefficient (Wildman–Crippen LogP) is 2.71. The van der Waals surface area contributed by atoms with Gasteiger partial charge in [-0.3, -0.25) is 10.2 Å². The standard InChI is InChI=1S/C23H32FN5O2/c24-20-13-18(31-10-6-16-11-19(16)15-3-7-25-8-4-15)2-1-17(20)12-23(30)29-9-5-21-22(14-29)27-28-26-21/h1-2,13,15-16,19,21-22,25H,3-12,14H2,(H,26,27). The Morgan fingerprint density at radius 2 is 2.13 bits per heavy atom. The minimum absolute atomic E-state index is 0.0580. The van der Waals surface area contributed by atoms with E-state index < -0.39 is 0 Å². The highest BCUT2D eigenvalue weighted by molar-refractivity contribution is 5.79. The molecule has 168 valence electrons. The minimum Gasteiger partial charge on any atom is -0.493 e. The number of piperidine rings is 2. The summed E-state index contributed by atoms with van der Waals surface area (Å²) in [6.07, 6.45) is 5.82. The molecule has 0 radical (unpaired) electrons. The van der Waals surface area contributed by atoms with Gasteiger partial charge in [0.25, 0.3) is 0 Å². The zero-order valence-corrected chi connectivity index (χ0v) is 17.9. The molecular formula is C23H32FN5O2. The number of halogens is 1. The maximum Gasteiger partial charge on any atom is 0.227 e. The minimum atomic E-state index is -0.372. The normalized spacial score (nSPS) is 30.0. The van der Waals surface area contributed by atoms with Gasteiger partial charge in [-0.1, -0.05) is 11.3 Å². The van der Waals surface area contributed by atoms with Crippen LogP contribution < -0.4 is 15.5 Å². The Hall–Kier alpha value is -2.22. The Morgan fingerprint density at radius 3 is 2.97 bits per heavy atom. The van der Waals surface area contributed by atoms with E-state index in [-0.39, 0.29) is 30.2 Å². The maximum absolute atomic E-state index is 14.6. The number of carbonyl (C=O) groups is 1. The molecule has 1 aliphatic carbocycles. The first-order chi connectivity index (χ1) is 15.2. The predicted molar refractivity (Wildman–Crippen MR) is 114 cm³/mol. The smallest absolute Gasteiger partial charge is 0.227 e. The van der Waals surface area contributed by atoms with Crippen molar-refractivity contribution in [3.8, 4) is 5.75 Å². The first-order valence-electron chi connectivity index (χ1n) is 11.7. The van der Waals surface area contributed by atoms with E-state index in [1.807, 2.05) is 0 Å². The van der Waals surface area contributed by atoms with Crippen molar-refractivity contribution in [2.75, 3.05) is 32.8 Å². The lowest BCUT2D eigenvalue weighted by Gasteiger charge is -2.33. The average molecular weight is 430 g/mol. The summed E-state index contributed by atoms with van der Waals surface area (Å²) in [7, 11) is 0. The topological polar surface area (TPSA) is 78.3 Å². The van der Waals surface area contributed by atoms with Gasteiger partial charge < -0.3 is 15.0 Å². The van der Waals surface area contributed by atoms with Gasteiger partial charge >= 0.3 is 0 Å². The van der Waals surface area contributed by atoms with Gasteiger partial charge in [0, 0.05) is 19.2 Å². The number of amides is 1. The Labute approximate surface area is 182 Å². The average Bonchev–Trinajstić information content (AvgIpc) is 3.41. The van der Waals surface area contributed by atoms with Gasteiger partial charge in [-0.2, -0.15) is 5.11 Å². The molecule has 31 heavy (non-hydrogen) atoms. The van der Waals surface area contributed by atoms with Crippen LogP contribution in [0.5, 0.6) is 5.75 Å². The van der Waals surface area contributed by atoms with Crippen LogP contribution in [0.15, 0.2) is 28.5 Å². The largest absolute Gasteiger partial charge is 0.493 e. The number of likely N-dealkylation sites (tertiary alicyclic amines) is 1. The zero-order valence-electron chi connectivity index (χ0n) is 17.9. The number of fused-ring (bicyclic) bond motifs is 1. The Morgan fingerprint density at radius 1 is 1.26 bits per heavy atom. The van der Waals surface area contributed by atoms with E-state index in [0.29, 0.717) is 31.0 Å². The molecule has 0 spiro atoms. The van der Waals surface area contributed by atoms with Crippen molar-refractivity contribution < 1.29 is 13.9 Å². The summed E-state index contributed by atoms with van der Waals surface area (Å²) in [6, 6.07) is 5.12. The maximum atomic E-state index is 14.6. The van der Waals surface area contributed by atoms with E-state index in [1.54, 1.807) is 17.0 Å². The van der Waals surface area contributed by atoms with Crippen LogP contribution in [0, 0.1) is 23.6 Å². The van der Waals surface area contributed by atoms with Crippen molar-refractivity contribution in [1.29, 1.82) is 0 Å². The molecule has 2 N–H and O–H groups in total. The molecule has 1 aromatic carbocycles. The van der Waals surface area contributed by atoms with Gasteiger partial charge in [-0.15, -0.1) is 0 Å². The first kappa shape index (κ1) is 20.7. The summed E-state index contributed by atoms with van der Waals surface area (Å²) >= 11 is 0. The third-order valence-electron chi connectivity index (χ3n) is 7.45. The number of rotatable bonds is 7. The molecule has 3 heterocycles. The number of hydrogen-bond acceptors (Lipinski definition) is 6. The number of nitrogens with zero attached hydrogens (tertiary/aromatic N) is 3. The molecule has 7 nitrogen and oxygen atoms in total. The fourth-order valence-electron chi connectivity index (χ4n) is 5.43. The van der Waals surface area contributed by atoms with Crippen molar-refractivity contribution in [2.24, 2.45) is 28.1 Å². The highest BCUT2D eigenvalue weighted by Gasteiger charge is 2.42. The monoisotopic (exact) mass is 429 g/mol. The van der Waals surface area contributed by atoms with Crippen molar-refractivity contribution in [3.63, 3.8) is 0 Å². The molecular weight excluding hydrogens is 397 g/mol. The van der Waals surface area contributed by atoms with Crippen LogP contribution in [0.2, 0.25) is 0 Å². The molecule has 8 heteroatoms. The van der Waals surface area contributed by atoms with Gasteiger partial charge in [-0.25, -0.2) is 4.39 Å². The number of ether oxygens (including phenoxy) is 1. The number of carbonyl (C=O) groups excluding carboxylic acids is 1. The molecule has 2 saturated heterocycles. The SMILES string of the molecule is O=C(Cc1ccc(OCCC2CC2C2CCNCC2)cc1F)N1CCC2N=NNC2C1. The van der Waals surface area contributed by atoms with Gasteiger partial charge in [0.05, 0.1) is 25.1 Å². The molecule has 4 atom stereocenters. The van der Waals surface area contributed by atoms with E-state index in [2.05, 4.69) is 21.1 Å². The van der Waals surface area contributed by atoms with Crippen LogP contribution >= 0.6 is 0 Å². The number of nitrogens with one attached hydrogen (secondary N) is 2. The first-order valence-corrected chi connectivity index (χ1v) is 11.7. The van der Waals surface area contributed by atoms with E-state index in [1.165, 1.54) is 25.3 Å². The highest BCUT2D eigenvalue weighted by Crippen LogP contribution is 2.49. The zero-order chi connectivity index (χ0) is 21.2. The third kappa shape index (κ3) is 4.84. The summed E-state index contributed by atoms with van der Waals surface area (Å²) in [5.41, 5.74) is 3.37. The molecule has 5 rings (SSSR count). The van der Waals surface area contributed by atoms with Gasteiger partial charge in [0.15, 0.2) is 0 Å². The molecule has 4 unspecified atom stereocenters. The number of benzene rings is 1. The summed E-state index contributed by atoms with van der Waals surface area (Å²) in [6.45, 7) is 4.14. The van der Waals surface area contributed by atoms with E-state index in [9.17, 15) is 9.18 Å². The Balaban J connectivity index is 1.06. The van der Waals surface area contributed by atoms with Gasteiger partial charge in [0.1, 0.15) is 11.6 Å². The van der Waals surface area contributed by atoms with Crippen LogP contribution in [0.1, 0.15) is 37.7 Å². The lowest BCUT2D eigenvalue weighted by Crippen LogP contribution is -2.51. The van der Waals surface area contributed by atoms with Crippen LogP contribution in [0.4, 0.5) is 4.39 Å². The molecule has 1 aromatic rings. The van der Waals surface area contributed by atoms with Crippen LogP contribution in [0.3, 0.4) is 0 Å². The third-order valence-corrected chi connectivity index (χ3v) is 7.45. The summed E-state index contributed by atoms with van der Waals surface area (Å²) < 4.78 is 20.4. The molecule has 3 aliphatic heterocycles. The second-order valence-electron chi connectivity index (χ2n) is 9.46. The molecule has 0 bridgehead atoms. The Bertz CT molecular complexity index is 828. The van der Waals surface area contributed by atoms with Crippen LogP contribution in [-0.2, 0) is 11.2 Å². The summed E-state index contributed by atoms with van der Waals surface area (Å²) in [4.78, 5) is 14.4. The number of hydrogen-bond donors (Lipinski definition) is 2. The summed E-state index contributed by atoms with van der Waals surface area (Å²) in [5, 5.41) is 11.4. The molecule has 0 aromatic heterocycles. The summed E-state index contributed by atoms with van der Waals surface area (Å²) in [5.74, 6) is 2.62. The molecule has 1 saturated carbocycles. The van der Waals surface area contributed by atoms with Gasteiger partial charge in [0.2, 0.25) is 5.91 Å². The second kappa shape index (κ2) is 9.10. The quantitative estimate of drug-likeness (QED) is 0.699. The van der Waals surface area contributed by atoms with Crippen molar-refractivity contribution in [2.45, 2.75) is 50.6 Å². The second-order valence-corrected chi connectivity index (χ2v) is 9.46. The highest BCUT2D eigenvalue weighted by atomic mass is 19.1. The van der Waals surface area contributed by atoms with Crippen molar-refractivity contribution in [1.82, 2.24) is 15.6 Å². The van der Waals surface area contributed by atoms with Crippen molar-refractivity contribution in [3.05, 3.63) is 29.6 Å². The Kier molecular flexibility index (Phi) is 6.07.